The molecule has 0 radical (unpaired) electrons. The van der Waals surface area contributed by atoms with Crippen LogP contribution in [0.4, 0.5) is 0 Å². The zero-order chi connectivity index (χ0) is 20.0. The Hall–Kier alpha value is -2.80. The molecule has 0 aliphatic rings. The molecular formula is C21H30N4O3. The van der Waals surface area contributed by atoms with Gasteiger partial charge >= 0.3 is 0 Å². The van der Waals surface area contributed by atoms with E-state index in [1.807, 2.05) is 43.3 Å². The van der Waals surface area contributed by atoms with Crippen molar-refractivity contribution in [2.24, 2.45) is 4.99 Å². The van der Waals surface area contributed by atoms with Gasteiger partial charge in [-0.2, -0.15) is 0 Å². The summed E-state index contributed by atoms with van der Waals surface area (Å²) in [5.74, 6) is 2.59. The zero-order valence-electron chi connectivity index (χ0n) is 16.9. The fourth-order valence-corrected chi connectivity index (χ4v) is 2.41. The quantitative estimate of drug-likeness (QED) is 0.350. The van der Waals surface area contributed by atoms with Gasteiger partial charge in [-0.3, -0.25) is 4.99 Å². The van der Waals surface area contributed by atoms with Crippen LogP contribution in [0.3, 0.4) is 0 Å². The molecule has 0 aliphatic carbocycles. The van der Waals surface area contributed by atoms with E-state index in [0.29, 0.717) is 56.2 Å². The molecule has 152 valence electrons. The monoisotopic (exact) mass is 386 g/mol. The lowest BCUT2D eigenvalue weighted by Gasteiger charge is -2.15. The fourth-order valence-electron chi connectivity index (χ4n) is 2.41. The van der Waals surface area contributed by atoms with E-state index < -0.39 is 0 Å². The lowest BCUT2D eigenvalue weighted by molar-refractivity contribution is 0.152. The van der Waals surface area contributed by atoms with Gasteiger partial charge in [0.25, 0.3) is 0 Å². The summed E-state index contributed by atoms with van der Waals surface area (Å²) < 4.78 is 17.2. The molecule has 2 rings (SSSR count). The summed E-state index contributed by atoms with van der Waals surface area (Å²) in [6.45, 7) is 7.23. The minimum absolute atomic E-state index is 0.523. The fraction of sp³-hybridized carbons (Fsp3) is 0.429. The van der Waals surface area contributed by atoms with Crippen LogP contribution in [0.5, 0.6) is 17.4 Å². The van der Waals surface area contributed by atoms with Crippen LogP contribution in [0, 0.1) is 0 Å². The Balaban J connectivity index is 2.01. The van der Waals surface area contributed by atoms with Crippen LogP contribution < -0.4 is 20.1 Å². The van der Waals surface area contributed by atoms with E-state index in [-0.39, 0.29) is 0 Å². The number of guanidine groups is 1. The highest BCUT2D eigenvalue weighted by Gasteiger charge is 2.11. The van der Waals surface area contributed by atoms with Gasteiger partial charge in [-0.05, 0) is 31.5 Å². The lowest BCUT2D eigenvalue weighted by Crippen LogP contribution is -2.38. The van der Waals surface area contributed by atoms with E-state index in [1.54, 1.807) is 13.2 Å². The Morgan fingerprint density at radius 1 is 1.04 bits per heavy atom. The van der Waals surface area contributed by atoms with Crippen molar-refractivity contribution >= 4 is 5.96 Å². The maximum atomic E-state index is 6.06. The first-order chi connectivity index (χ1) is 13.8. The van der Waals surface area contributed by atoms with Crippen LogP contribution in [0.2, 0.25) is 0 Å². The van der Waals surface area contributed by atoms with Gasteiger partial charge in [0.05, 0.1) is 13.2 Å². The number of nitrogens with zero attached hydrogens (tertiary/aromatic N) is 2. The topological polar surface area (TPSA) is 77.0 Å². The smallest absolute Gasteiger partial charge is 0.224 e. The average molecular weight is 386 g/mol. The van der Waals surface area contributed by atoms with Crippen LogP contribution in [-0.2, 0) is 11.3 Å². The van der Waals surface area contributed by atoms with Crippen molar-refractivity contribution in [1.82, 2.24) is 15.6 Å². The second-order valence-corrected chi connectivity index (χ2v) is 5.91. The van der Waals surface area contributed by atoms with E-state index in [9.17, 15) is 0 Å². The van der Waals surface area contributed by atoms with Crippen molar-refractivity contribution in [3.63, 3.8) is 0 Å². The van der Waals surface area contributed by atoms with Gasteiger partial charge < -0.3 is 24.8 Å². The Bertz CT molecular complexity index is 737. The van der Waals surface area contributed by atoms with Gasteiger partial charge in [0.15, 0.2) is 17.5 Å². The number of hydrogen-bond acceptors (Lipinski definition) is 5. The first-order valence-electron chi connectivity index (χ1n) is 9.64. The van der Waals surface area contributed by atoms with Crippen LogP contribution >= 0.6 is 0 Å². The minimum Gasteiger partial charge on any atom is -0.490 e. The Labute approximate surface area is 167 Å². The SMILES string of the molecule is CCCOc1ccccc1Oc1ncccc1CNC(=NC)NCCOCC. The number of para-hydroxylation sites is 2. The van der Waals surface area contributed by atoms with Crippen molar-refractivity contribution in [2.45, 2.75) is 26.8 Å². The van der Waals surface area contributed by atoms with Crippen molar-refractivity contribution in [1.29, 1.82) is 0 Å². The van der Waals surface area contributed by atoms with E-state index in [1.165, 1.54) is 0 Å². The van der Waals surface area contributed by atoms with Crippen molar-refractivity contribution in [2.75, 3.05) is 33.4 Å². The summed E-state index contributed by atoms with van der Waals surface area (Å²) in [6.07, 6.45) is 2.64. The minimum atomic E-state index is 0.523. The zero-order valence-corrected chi connectivity index (χ0v) is 16.9. The maximum Gasteiger partial charge on any atom is 0.224 e. The summed E-state index contributed by atoms with van der Waals surface area (Å²) >= 11 is 0. The molecule has 2 aromatic rings. The molecule has 0 saturated heterocycles. The average Bonchev–Trinajstić information content (AvgIpc) is 2.73. The first-order valence-corrected chi connectivity index (χ1v) is 9.64. The Morgan fingerprint density at radius 2 is 1.86 bits per heavy atom. The number of nitrogens with one attached hydrogen (secondary N) is 2. The standard InChI is InChI=1S/C21H30N4O3/c1-4-14-27-18-10-6-7-11-19(18)28-20-17(9-8-12-23-20)16-25-21(22-3)24-13-15-26-5-2/h6-12H,4-5,13-16H2,1-3H3,(H2,22,24,25). The molecule has 0 aliphatic heterocycles. The summed E-state index contributed by atoms with van der Waals surface area (Å²) in [6, 6.07) is 11.5. The maximum absolute atomic E-state index is 6.06. The number of rotatable bonds is 11. The molecule has 0 fully saturated rings. The van der Waals surface area contributed by atoms with Gasteiger partial charge in [0, 0.05) is 38.5 Å². The molecule has 0 unspecified atom stereocenters. The third kappa shape index (κ3) is 7.08. The van der Waals surface area contributed by atoms with E-state index in [4.69, 9.17) is 14.2 Å². The van der Waals surface area contributed by atoms with Crippen LogP contribution in [0.25, 0.3) is 0 Å². The Kier molecular flexibility index (Phi) is 9.65. The van der Waals surface area contributed by atoms with Gasteiger partial charge in [0.2, 0.25) is 5.88 Å². The molecule has 0 bridgehead atoms. The number of aliphatic imine (C=N–C) groups is 1. The molecule has 1 aromatic heterocycles. The third-order valence-corrected chi connectivity index (χ3v) is 3.78. The number of aromatic nitrogens is 1. The van der Waals surface area contributed by atoms with Gasteiger partial charge in [0.1, 0.15) is 0 Å². The first kappa shape index (κ1) is 21.5. The molecule has 7 heteroatoms. The van der Waals surface area contributed by atoms with Crippen molar-refractivity contribution < 1.29 is 14.2 Å². The largest absolute Gasteiger partial charge is 0.490 e. The highest BCUT2D eigenvalue weighted by molar-refractivity contribution is 5.79. The number of benzene rings is 1. The Morgan fingerprint density at radius 3 is 2.61 bits per heavy atom. The normalized spacial score (nSPS) is 11.2. The van der Waals surface area contributed by atoms with Crippen molar-refractivity contribution in [3.8, 4) is 17.4 Å². The second kappa shape index (κ2) is 12.6. The van der Waals surface area contributed by atoms with Crippen LogP contribution in [0.15, 0.2) is 47.6 Å². The molecule has 0 spiro atoms. The van der Waals surface area contributed by atoms with Crippen molar-refractivity contribution in [3.05, 3.63) is 48.2 Å². The van der Waals surface area contributed by atoms with Gasteiger partial charge in [-0.25, -0.2) is 4.98 Å². The predicted molar refractivity (Wildman–Crippen MR) is 111 cm³/mol. The molecule has 0 saturated carbocycles. The highest BCUT2D eigenvalue weighted by Crippen LogP contribution is 2.31. The van der Waals surface area contributed by atoms with Gasteiger partial charge in [-0.15, -0.1) is 0 Å². The van der Waals surface area contributed by atoms with E-state index in [0.717, 1.165) is 12.0 Å². The summed E-state index contributed by atoms with van der Waals surface area (Å²) in [4.78, 5) is 8.61. The number of pyridine rings is 1. The lowest BCUT2D eigenvalue weighted by atomic mass is 10.2. The molecule has 1 heterocycles. The van der Waals surface area contributed by atoms with Crippen LogP contribution in [0.1, 0.15) is 25.8 Å². The molecule has 1 aromatic carbocycles. The summed E-state index contributed by atoms with van der Waals surface area (Å²) in [7, 11) is 1.73. The van der Waals surface area contributed by atoms with Crippen LogP contribution in [-0.4, -0.2) is 44.4 Å². The molecular weight excluding hydrogens is 356 g/mol. The second-order valence-electron chi connectivity index (χ2n) is 5.91. The molecule has 28 heavy (non-hydrogen) atoms. The highest BCUT2D eigenvalue weighted by atomic mass is 16.5. The number of ether oxygens (including phenoxy) is 3. The predicted octanol–water partition coefficient (Wildman–Crippen LogP) is 3.36. The van der Waals surface area contributed by atoms with E-state index in [2.05, 4.69) is 27.5 Å². The molecule has 0 atom stereocenters. The summed E-state index contributed by atoms with van der Waals surface area (Å²) in [5, 5.41) is 6.48. The molecule has 0 amide bonds. The summed E-state index contributed by atoms with van der Waals surface area (Å²) in [5.41, 5.74) is 0.917. The molecule has 7 nitrogen and oxygen atoms in total. The van der Waals surface area contributed by atoms with E-state index >= 15 is 0 Å². The van der Waals surface area contributed by atoms with Gasteiger partial charge in [-0.1, -0.05) is 25.1 Å². The molecule has 2 N–H and O–H groups in total. The number of hydrogen-bond donors (Lipinski definition) is 2. The third-order valence-electron chi connectivity index (χ3n) is 3.78.